The van der Waals surface area contributed by atoms with Gasteiger partial charge in [0.1, 0.15) is 5.82 Å². The minimum absolute atomic E-state index is 0. The first-order valence-electron chi connectivity index (χ1n) is 10.3. The van der Waals surface area contributed by atoms with Gasteiger partial charge in [0, 0.05) is 74.3 Å². The Hall–Kier alpha value is -1.88. The maximum Gasteiger partial charge on any atom is 0.205 e. The van der Waals surface area contributed by atoms with E-state index >= 15 is 0 Å². The van der Waals surface area contributed by atoms with Crippen LogP contribution in [-0.4, -0.2) is 65.0 Å². The van der Waals surface area contributed by atoms with Crippen LogP contribution < -0.4 is 10.2 Å². The number of aromatic amines is 1. The summed E-state index contributed by atoms with van der Waals surface area (Å²) in [6, 6.07) is 8.51. The van der Waals surface area contributed by atoms with Crippen molar-refractivity contribution in [2.24, 2.45) is 4.99 Å². The largest absolute Gasteiger partial charge is 0.358 e. The molecule has 0 bridgehead atoms. The number of hydrogen-bond donors (Lipinski definition) is 2. The molecule has 0 aliphatic carbocycles. The van der Waals surface area contributed by atoms with Crippen LogP contribution in [0.1, 0.15) is 24.0 Å². The second-order valence-electron chi connectivity index (χ2n) is 7.32. The van der Waals surface area contributed by atoms with Crippen LogP contribution in [0.5, 0.6) is 0 Å². The molecule has 0 unspecified atom stereocenters. The van der Waals surface area contributed by atoms with E-state index in [0.717, 1.165) is 62.5 Å². The third-order valence-electron chi connectivity index (χ3n) is 5.52. The number of para-hydroxylation sites is 1. The molecule has 1 aliphatic heterocycles. The molecule has 9 heteroatoms. The van der Waals surface area contributed by atoms with Crippen LogP contribution in [0.4, 0.5) is 5.13 Å². The van der Waals surface area contributed by atoms with Crippen molar-refractivity contribution in [3.63, 3.8) is 0 Å². The van der Waals surface area contributed by atoms with Crippen molar-refractivity contribution in [2.75, 3.05) is 44.7 Å². The molecule has 4 rings (SSSR count). The number of aryl methyl sites for hydroxylation is 2. The summed E-state index contributed by atoms with van der Waals surface area (Å²) >= 11 is 1.51. The lowest BCUT2D eigenvalue weighted by Crippen LogP contribution is -2.52. The van der Waals surface area contributed by atoms with E-state index in [-0.39, 0.29) is 24.0 Å². The molecule has 162 valence electrons. The highest BCUT2D eigenvalue weighted by molar-refractivity contribution is 14.0. The zero-order valence-corrected chi connectivity index (χ0v) is 21.0. The highest BCUT2D eigenvalue weighted by Crippen LogP contribution is 2.22. The smallest absolute Gasteiger partial charge is 0.205 e. The molecule has 7 nitrogen and oxygen atoms in total. The summed E-state index contributed by atoms with van der Waals surface area (Å²) in [5.74, 6) is 1.92. The molecule has 0 radical (unpaired) electrons. The first kappa shape index (κ1) is 22.8. The van der Waals surface area contributed by atoms with Gasteiger partial charge in [-0.2, -0.15) is 4.37 Å². The minimum Gasteiger partial charge on any atom is -0.358 e. The minimum atomic E-state index is 0. The molecule has 0 amide bonds. The van der Waals surface area contributed by atoms with E-state index in [1.807, 2.05) is 7.05 Å². The molecule has 1 fully saturated rings. The molecular weight excluding hydrogens is 509 g/mol. The van der Waals surface area contributed by atoms with Gasteiger partial charge in [-0.3, -0.25) is 4.99 Å². The Bertz CT molecular complexity index is 988. The fourth-order valence-electron chi connectivity index (χ4n) is 3.91. The average molecular weight is 539 g/mol. The van der Waals surface area contributed by atoms with E-state index in [0.29, 0.717) is 0 Å². The number of rotatable bonds is 5. The molecule has 1 aromatic carbocycles. The van der Waals surface area contributed by atoms with Crippen molar-refractivity contribution < 1.29 is 0 Å². The van der Waals surface area contributed by atoms with Gasteiger partial charge in [-0.15, -0.1) is 24.0 Å². The molecular formula is C21H30IN7S. The number of aliphatic imine (C=N–C) groups is 1. The van der Waals surface area contributed by atoms with Gasteiger partial charge in [-0.05, 0) is 25.0 Å². The van der Waals surface area contributed by atoms with E-state index in [2.05, 4.69) is 72.6 Å². The summed E-state index contributed by atoms with van der Waals surface area (Å²) in [6.07, 6.45) is 1.86. The Labute approximate surface area is 199 Å². The molecule has 3 heterocycles. The van der Waals surface area contributed by atoms with Crippen LogP contribution in [0.15, 0.2) is 29.3 Å². The van der Waals surface area contributed by atoms with Crippen molar-refractivity contribution in [1.29, 1.82) is 0 Å². The van der Waals surface area contributed by atoms with Crippen molar-refractivity contribution >= 4 is 57.5 Å². The number of nitrogens with zero attached hydrogens (tertiary/aromatic N) is 5. The number of hydrogen-bond acceptors (Lipinski definition) is 5. The second-order valence-corrected chi connectivity index (χ2v) is 8.05. The van der Waals surface area contributed by atoms with E-state index in [4.69, 9.17) is 0 Å². The maximum absolute atomic E-state index is 4.62. The number of guanidine groups is 1. The Balaban J connectivity index is 0.00000256. The van der Waals surface area contributed by atoms with Gasteiger partial charge in [0.15, 0.2) is 5.96 Å². The summed E-state index contributed by atoms with van der Waals surface area (Å²) in [5, 5.41) is 5.91. The van der Waals surface area contributed by atoms with Gasteiger partial charge in [0.2, 0.25) is 5.13 Å². The van der Waals surface area contributed by atoms with Crippen LogP contribution in [0.3, 0.4) is 0 Å². The quantitative estimate of drug-likeness (QED) is 0.295. The zero-order valence-electron chi connectivity index (χ0n) is 17.8. The Kier molecular flexibility index (Phi) is 7.93. The summed E-state index contributed by atoms with van der Waals surface area (Å²) in [6.45, 7) is 8.88. The summed E-state index contributed by atoms with van der Waals surface area (Å²) in [7, 11) is 1.87. The molecule has 0 saturated carbocycles. The lowest BCUT2D eigenvalue weighted by Gasteiger charge is -2.36. The molecule has 2 aromatic heterocycles. The molecule has 2 N–H and O–H groups in total. The first-order valence-corrected chi connectivity index (χ1v) is 11.1. The summed E-state index contributed by atoms with van der Waals surface area (Å²) in [4.78, 5) is 17.3. The van der Waals surface area contributed by atoms with Crippen LogP contribution in [0, 0.1) is 6.92 Å². The second kappa shape index (κ2) is 10.4. The average Bonchev–Trinajstić information content (AvgIpc) is 3.36. The van der Waals surface area contributed by atoms with Gasteiger partial charge < -0.3 is 20.1 Å². The van der Waals surface area contributed by atoms with Crippen molar-refractivity contribution in [3.8, 4) is 0 Å². The third kappa shape index (κ3) is 4.88. The zero-order chi connectivity index (χ0) is 20.2. The van der Waals surface area contributed by atoms with Gasteiger partial charge >= 0.3 is 0 Å². The number of fused-ring (bicyclic) bond motifs is 1. The normalized spacial score (nSPS) is 14.8. The van der Waals surface area contributed by atoms with E-state index in [1.165, 1.54) is 33.7 Å². The number of halogens is 1. The van der Waals surface area contributed by atoms with Gasteiger partial charge in [-0.1, -0.05) is 25.1 Å². The number of H-pyrrole nitrogens is 1. The predicted octanol–water partition coefficient (Wildman–Crippen LogP) is 3.45. The third-order valence-corrected chi connectivity index (χ3v) is 6.34. The lowest BCUT2D eigenvalue weighted by atomic mass is 10.1. The molecule has 3 aromatic rings. The van der Waals surface area contributed by atoms with Crippen LogP contribution in [0.25, 0.3) is 10.9 Å². The molecule has 30 heavy (non-hydrogen) atoms. The highest BCUT2D eigenvalue weighted by atomic mass is 127. The highest BCUT2D eigenvalue weighted by Gasteiger charge is 2.22. The van der Waals surface area contributed by atoms with E-state index in [1.54, 1.807) is 0 Å². The molecule has 0 spiro atoms. The number of benzene rings is 1. The van der Waals surface area contributed by atoms with E-state index < -0.39 is 0 Å². The van der Waals surface area contributed by atoms with Gasteiger partial charge in [-0.25, -0.2) is 4.98 Å². The van der Waals surface area contributed by atoms with E-state index in [9.17, 15) is 0 Å². The molecule has 1 aliphatic rings. The fourth-order valence-corrected chi connectivity index (χ4v) is 4.72. The topological polar surface area (TPSA) is 72.4 Å². The fraction of sp³-hybridized carbons (Fsp3) is 0.476. The number of piperazine rings is 1. The lowest BCUT2D eigenvalue weighted by molar-refractivity contribution is 0.372. The molecule has 1 saturated heterocycles. The summed E-state index contributed by atoms with van der Waals surface area (Å²) in [5.41, 5.74) is 3.85. The number of aromatic nitrogens is 3. The Morgan fingerprint density at radius 1 is 1.23 bits per heavy atom. The SMILES string of the molecule is CCc1nsc(N2CCN(C(=NC)NCCc3c(C)[nH]c4ccccc34)CC2)n1.I. The molecule has 0 atom stereocenters. The number of nitrogens with one attached hydrogen (secondary N) is 2. The van der Waals surface area contributed by atoms with Gasteiger partial charge in [0.05, 0.1) is 0 Å². The Morgan fingerprint density at radius 3 is 2.70 bits per heavy atom. The maximum atomic E-state index is 4.62. The van der Waals surface area contributed by atoms with Gasteiger partial charge in [0.25, 0.3) is 0 Å². The standard InChI is InChI=1S/C21H29N7S.HI/c1-4-19-25-21(29-26-19)28-13-11-27(12-14-28)20(22-3)23-10-9-16-15(2)24-18-8-6-5-7-17(16)18;/h5-8,24H,4,9-14H2,1-3H3,(H,22,23);1H. The van der Waals surface area contributed by atoms with Crippen LogP contribution >= 0.6 is 35.5 Å². The first-order chi connectivity index (χ1) is 14.2. The van der Waals surface area contributed by atoms with Crippen molar-refractivity contribution in [2.45, 2.75) is 26.7 Å². The number of anilines is 1. The summed E-state index contributed by atoms with van der Waals surface area (Å²) < 4.78 is 4.41. The Morgan fingerprint density at radius 2 is 2.00 bits per heavy atom. The monoisotopic (exact) mass is 539 g/mol. The van der Waals surface area contributed by atoms with Crippen molar-refractivity contribution in [3.05, 3.63) is 41.3 Å². The van der Waals surface area contributed by atoms with Crippen molar-refractivity contribution in [1.82, 2.24) is 24.6 Å². The van der Waals surface area contributed by atoms with Crippen LogP contribution in [-0.2, 0) is 12.8 Å². The predicted molar refractivity (Wildman–Crippen MR) is 137 cm³/mol. The van der Waals surface area contributed by atoms with Crippen LogP contribution in [0.2, 0.25) is 0 Å².